The van der Waals surface area contributed by atoms with Crippen molar-refractivity contribution in [1.29, 1.82) is 0 Å². The molecule has 0 saturated heterocycles. The van der Waals surface area contributed by atoms with E-state index in [9.17, 15) is 4.79 Å². The summed E-state index contributed by atoms with van der Waals surface area (Å²) in [5.74, 6) is 0.196. The van der Waals surface area contributed by atoms with Crippen molar-refractivity contribution in [2.45, 2.75) is 19.8 Å². The van der Waals surface area contributed by atoms with Gasteiger partial charge in [0.05, 0.1) is 0 Å². The summed E-state index contributed by atoms with van der Waals surface area (Å²) in [4.78, 5) is 10.1. The van der Waals surface area contributed by atoms with Crippen LogP contribution in [0, 0.1) is 6.58 Å². The highest BCUT2D eigenvalue weighted by molar-refractivity contribution is 5.75. The Morgan fingerprint density at radius 1 is 1.86 bits per heavy atom. The van der Waals surface area contributed by atoms with Crippen molar-refractivity contribution in [2.75, 3.05) is 0 Å². The van der Waals surface area contributed by atoms with Gasteiger partial charge in [0.2, 0.25) is 0 Å². The zero-order valence-corrected chi connectivity index (χ0v) is 4.48. The molecule has 0 aliphatic rings. The Balaban J connectivity index is 2.97. The fourth-order valence-corrected chi connectivity index (χ4v) is 0.287. The molecule has 0 atom stereocenters. The van der Waals surface area contributed by atoms with Crippen molar-refractivity contribution in [2.24, 2.45) is 0 Å². The van der Waals surface area contributed by atoms with Gasteiger partial charge >= 0.3 is 0 Å². The van der Waals surface area contributed by atoms with Crippen molar-refractivity contribution in [3.05, 3.63) is 12.7 Å². The van der Waals surface area contributed by atoms with Gasteiger partial charge in [0.15, 0.2) is 0 Å². The topological polar surface area (TPSA) is 17.1 Å². The summed E-state index contributed by atoms with van der Waals surface area (Å²) in [6, 6.07) is 0. The maximum atomic E-state index is 10.1. The van der Waals surface area contributed by atoms with Gasteiger partial charge in [0.1, 0.15) is 5.78 Å². The number of hydrogen-bond donors (Lipinski definition) is 0. The van der Waals surface area contributed by atoms with Crippen LogP contribution < -0.4 is 0 Å². The molecule has 1 radical (unpaired) electrons. The molecule has 0 heterocycles. The smallest absolute Gasteiger partial charge is 0.130 e. The van der Waals surface area contributed by atoms with Crippen LogP contribution in [0.15, 0.2) is 6.08 Å². The minimum atomic E-state index is 0.196. The van der Waals surface area contributed by atoms with E-state index in [0.717, 1.165) is 0 Å². The third-order valence-corrected chi connectivity index (χ3v) is 0.663. The molecule has 0 saturated carbocycles. The van der Waals surface area contributed by atoms with Gasteiger partial charge in [0.25, 0.3) is 0 Å². The molecular formula is C6H9O. The lowest BCUT2D eigenvalue weighted by molar-refractivity contribution is -0.116. The Morgan fingerprint density at radius 2 is 2.43 bits per heavy atom. The third kappa shape index (κ3) is 5.41. The Kier molecular flexibility index (Phi) is 3.29. The van der Waals surface area contributed by atoms with Crippen LogP contribution in [0.1, 0.15) is 19.8 Å². The zero-order valence-electron chi connectivity index (χ0n) is 4.48. The van der Waals surface area contributed by atoms with E-state index in [0.29, 0.717) is 12.8 Å². The molecule has 0 aromatic heterocycles. The van der Waals surface area contributed by atoms with Gasteiger partial charge in [-0.1, -0.05) is 12.7 Å². The van der Waals surface area contributed by atoms with Gasteiger partial charge in [-0.3, -0.25) is 0 Å². The van der Waals surface area contributed by atoms with Crippen LogP contribution in [0.2, 0.25) is 0 Å². The molecule has 0 aromatic carbocycles. The lowest BCUT2D eigenvalue weighted by atomic mass is 10.2. The number of rotatable bonds is 3. The average Bonchev–Trinajstić information content (AvgIpc) is 1.61. The Morgan fingerprint density at radius 3 is 2.57 bits per heavy atom. The number of Topliss-reactive ketones (excluding diaryl/α,β-unsaturated/α-hetero) is 1. The van der Waals surface area contributed by atoms with Crippen molar-refractivity contribution < 1.29 is 4.79 Å². The fraction of sp³-hybridized carbons (Fsp3) is 0.500. The van der Waals surface area contributed by atoms with Crippen LogP contribution >= 0.6 is 0 Å². The van der Waals surface area contributed by atoms with Crippen LogP contribution in [-0.2, 0) is 4.79 Å². The highest BCUT2D eigenvalue weighted by Crippen LogP contribution is 1.87. The first-order valence-corrected chi connectivity index (χ1v) is 2.30. The molecule has 1 nitrogen and oxygen atoms in total. The largest absolute Gasteiger partial charge is 0.300 e. The average molecular weight is 97.1 g/mol. The van der Waals surface area contributed by atoms with Crippen molar-refractivity contribution >= 4 is 5.78 Å². The molecule has 0 aliphatic heterocycles. The van der Waals surface area contributed by atoms with E-state index in [2.05, 4.69) is 0 Å². The first-order chi connectivity index (χ1) is 3.27. The minimum Gasteiger partial charge on any atom is -0.300 e. The first kappa shape index (κ1) is 6.41. The van der Waals surface area contributed by atoms with Gasteiger partial charge < -0.3 is 4.79 Å². The quantitative estimate of drug-likeness (QED) is 0.519. The van der Waals surface area contributed by atoms with Crippen LogP contribution in [0.3, 0.4) is 0 Å². The number of carbonyl (C=O) groups excluding carboxylic acids is 1. The molecule has 0 fully saturated rings. The van der Waals surface area contributed by atoms with Crippen molar-refractivity contribution in [3.63, 3.8) is 0 Å². The first-order valence-electron chi connectivity index (χ1n) is 2.30. The maximum absolute atomic E-state index is 10.1. The molecule has 0 aliphatic carbocycles. The molecule has 0 spiro atoms. The Bertz CT molecular complexity index is 74.2. The normalized spacial score (nSPS) is 8.14. The summed E-state index contributed by atoms with van der Waals surface area (Å²) in [5.41, 5.74) is 0. The number of ketones is 1. The van der Waals surface area contributed by atoms with E-state index >= 15 is 0 Å². The van der Waals surface area contributed by atoms with E-state index in [1.807, 2.05) is 0 Å². The molecule has 0 rings (SSSR count). The predicted octanol–water partition coefficient (Wildman–Crippen LogP) is 1.34. The van der Waals surface area contributed by atoms with E-state index in [1.54, 1.807) is 6.92 Å². The lowest BCUT2D eigenvalue weighted by Gasteiger charge is -1.82. The number of allylic oxidation sites excluding steroid dienone is 1. The second-order valence-corrected chi connectivity index (χ2v) is 1.48. The zero-order chi connectivity index (χ0) is 5.70. The summed E-state index contributed by atoms with van der Waals surface area (Å²) in [6.07, 6.45) is 2.78. The van der Waals surface area contributed by atoms with E-state index in [4.69, 9.17) is 6.58 Å². The summed E-state index contributed by atoms with van der Waals surface area (Å²) in [7, 11) is 0. The molecular weight excluding hydrogens is 88.1 g/mol. The molecule has 0 aromatic rings. The van der Waals surface area contributed by atoms with Gasteiger partial charge in [-0.2, -0.15) is 0 Å². The van der Waals surface area contributed by atoms with E-state index in [1.165, 1.54) is 6.08 Å². The predicted molar refractivity (Wildman–Crippen MR) is 28.8 cm³/mol. The Labute approximate surface area is 44.0 Å². The van der Waals surface area contributed by atoms with Crippen LogP contribution in [0.25, 0.3) is 0 Å². The van der Waals surface area contributed by atoms with Crippen LogP contribution in [0.5, 0.6) is 0 Å². The van der Waals surface area contributed by atoms with Crippen LogP contribution in [0.4, 0.5) is 0 Å². The molecule has 0 bridgehead atoms. The molecule has 0 amide bonds. The van der Waals surface area contributed by atoms with E-state index < -0.39 is 0 Å². The van der Waals surface area contributed by atoms with Gasteiger partial charge in [-0.15, -0.1) is 0 Å². The molecule has 1 heteroatoms. The number of hydrogen-bond acceptors (Lipinski definition) is 1. The van der Waals surface area contributed by atoms with Gasteiger partial charge in [0, 0.05) is 6.42 Å². The van der Waals surface area contributed by atoms with Gasteiger partial charge in [-0.05, 0) is 13.3 Å². The number of carbonyl (C=O) groups is 1. The van der Waals surface area contributed by atoms with Crippen LogP contribution in [-0.4, -0.2) is 5.78 Å². The summed E-state index contributed by atoms with van der Waals surface area (Å²) in [5, 5.41) is 0. The highest BCUT2D eigenvalue weighted by atomic mass is 16.1. The minimum absolute atomic E-state index is 0.196. The Hall–Kier alpha value is -0.590. The van der Waals surface area contributed by atoms with E-state index in [-0.39, 0.29) is 5.78 Å². The summed E-state index contributed by atoms with van der Waals surface area (Å²) < 4.78 is 0. The monoisotopic (exact) mass is 97.1 g/mol. The highest BCUT2D eigenvalue weighted by Gasteiger charge is 1.85. The molecule has 39 valence electrons. The lowest BCUT2D eigenvalue weighted by Crippen LogP contribution is -1.85. The van der Waals surface area contributed by atoms with Crippen molar-refractivity contribution in [3.8, 4) is 0 Å². The fourth-order valence-electron chi connectivity index (χ4n) is 0.287. The summed E-state index contributed by atoms with van der Waals surface area (Å²) >= 11 is 0. The second kappa shape index (κ2) is 3.59. The molecule has 7 heavy (non-hydrogen) atoms. The maximum Gasteiger partial charge on any atom is 0.130 e. The second-order valence-electron chi connectivity index (χ2n) is 1.48. The molecule has 0 unspecified atom stereocenters. The molecule has 0 N–H and O–H groups in total. The standard InChI is InChI=1S/C6H9O/c1-3-4-5-6(2)7/h1,3H,4-5H2,2H3. The summed E-state index contributed by atoms with van der Waals surface area (Å²) in [6.45, 7) is 6.56. The third-order valence-electron chi connectivity index (χ3n) is 0.663. The van der Waals surface area contributed by atoms with Crippen molar-refractivity contribution in [1.82, 2.24) is 0 Å². The SMILES string of the molecule is [CH]=CCCC(C)=O. The van der Waals surface area contributed by atoms with Gasteiger partial charge in [-0.25, -0.2) is 0 Å².